The van der Waals surface area contributed by atoms with Crippen molar-refractivity contribution in [1.29, 1.82) is 0 Å². The van der Waals surface area contributed by atoms with Gasteiger partial charge < -0.3 is 14.6 Å². The van der Waals surface area contributed by atoms with E-state index in [1.807, 2.05) is 12.1 Å². The summed E-state index contributed by atoms with van der Waals surface area (Å²) in [6, 6.07) is 8.22. The van der Waals surface area contributed by atoms with Crippen LogP contribution in [-0.4, -0.2) is 28.5 Å². The molecule has 1 aromatic carbocycles. The summed E-state index contributed by atoms with van der Waals surface area (Å²) in [6.45, 7) is 8.94. The molecule has 0 spiro atoms. The van der Waals surface area contributed by atoms with E-state index in [0.29, 0.717) is 12.5 Å². The number of benzene rings is 1. The van der Waals surface area contributed by atoms with E-state index in [0.717, 1.165) is 12.8 Å². The molecule has 1 aromatic rings. The number of aliphatic hydroxyl groups excluding tert-OH is 1. The predicted octanol–water partition coefficient (Wildman–Crippen LogP) is 3.22. The molecular formula is C18H26O3. The van der Waals surface area contributed by atoms with Crippen LogP contribution in [-0.2, 0) is 16.1 Å². The zero-order chi connectivity index (χ0) is 15.3. The zero-order valence-electron chi connectivity index (χ0n) is 13.4. The van der Waals surface area contributed by atoms with E-state index < -0.39 is 11.7 Å². The molecule has 0 saturated carbocycles. The molecule has 2 aliphatic rings. The maximum Gasteiger partial charge on any atom is 0.115 e. The Morgan fingerprint density at radius 2 is 2.05 bits per heavy atom. The van der Waals surface area contributed by atoms with Crippen LogP contribution in [0.1, 0.15) is 44.7 Å². The van der Waals surface area contributed by atoms with Crippen molar-refractivity contribution in [2.45, 2.75) is 70.6 Å². The second-order valence-corrected chi connectivity index (χ2v) is 7.13. The van der Waals surface area contributed by atoms with E-state index in [-0.39, 0.29) is 11.7 Å². The highest BCUT2D eigenvalue weighted by Crippen LogP contribution is 2.55. The van der Waals surface area contributed by atoms with Gasteiger partial charge in [0.15, 0.2) is 0 Å². The van der Waals surface area contributed by atoms with Crippen molar-refractivity contribution < 1.29 is 14.6 Å². The van der Waals surface area contributed by atoms with Crippen LogP contribution >= 0.6 is 0 Å². The van der Waals surface area contributed by atoms with E-state index in [9.17, 15) is 5.11 Å². The lowest BCUT2D eigenvalue weighted by Gasteiger charge is -2.36. The van der Waals surface area contributed by atoms with Gasteiger partial charge >= 0.3 is 0 Å². The number of hydrogen-bond acceptors (Lipinski definition) is 3. The van der Waals surface area contributed by atoms with Crippen molar-refractivity contribution in [3.63, 3.8) is 0 Å². The zero-order valence-corrected chi connectivity index (χ0v) is 13.4. The normalized spacial score (nSPS) is 38.4. The van der Waals surface area contributed by atoms with Crippen LogP contribution in [0, 0.1) is 12.8 Å². The molecule has 3 rings (SSSR count). The Balaban J connectivity index is 1.76. The lowest BCUT2D eigenvalue weighted by atomic mass is 9.73. The third kappa shape index (κ3) is 2.23. The molecule has 1 N–H and O–H groups in total. The molecule has 0 amide bonds. The Bertz CT molecular complexity index is 527. The van der Waals surface area contributed by atoms with E-state index in [1.54, 1.807) is 0 Å². The molecule has 116 valence electrons. The van der Waals surface area contributed by atoms with Gasteiger partial charge in [0.1, 0.15) is 12.2 Å². The fourth-order valence-corrected chi connectivity index (χ4v) is 3.95. The van der Waals surface area contributed by atoms with Crippen LogP contribution in [0.15, 0.2) is 24.3 Å². The first-order chi connectivity index (χ1) is 9.89. The van der Waals surface area contributed by atoms with Crippen molar-refractivity contribution in [3.8, 4) is 0 Å². The minimum absolute atomic E-state index is 0.242. The lowest BCUT2D eigenvalue weighted by Crippen LogP contribution is -2.51. The molecule has 2 heterocycles. The highest BCUT2D eigenvalue weighted by molar-refractivity contribution is 5.25. The minimum atomic E-state index is -0.541. The number of rotatable bonds is 4. The first-order valence-corrected chi connectivity index (χ1v) is 7.93. The second kappa shape index (κ2) is 5.08. The monoisotopic (exact) mass is 290 g/mol. The molecule has 2 saturated heterocycles. The molecule has 3 heteroatoms. The molecule has 2 aliphatic heterocycles. The molecule has 2 bridgehead atoms. The molecule has 21 heavy (non-hydrogen) atoms. The number of ether oxygens (including phenoxy) is 2. The van der Waals surface area contributed by atoms with Gasteiger partial charge in [-0.1, -0.05) is 38.1 Å². The maximum atomic E-state index is 10.8. The molecule has 0 aliphatic carbocycles. The van der Waals surface area contributed by atoms with Crippen molar-refractivity contribution in [1.82, 2.24) is 0 Å². The summed E-state index contributed by atoms with van der Waals surface area (Å²) >= 11 is 0. The third-order valence-electron chi connectivity index (χ3n) is 5.48. The Kier molecular flexibility index (Phi) is 3.63. The number of aryl methyl sites for hydroxylation is 1. The van der Waals surface area contributed by atoms with Crippen LogP contribution in [0.5, 0.6) is 0 Å². The second-order valence-electron chi connectivity index (χ2n) is 7.13. The highest BCUT2D eigenvalue weighted by Gasteiger charge is 2.66. The van der Waals surface area contributed by atoms with E-state index in [4.69, 9.17) is 9.47 Å². The van der Waals surface area contributed by atoms with Gasteiger partial charge in [-0.05, 0) is 43.7 Å². The fraction of sp³-hybridized carbons (Fsp3) is 0.667. The molecule has 4 atom stereocenters. The van der Waals surface area contributed by atoms with Crippen LogP contribution in [0.4, 0.5) is 0 Å². The molecule has 2 fully saturated rings. The predicted molar refractivity (Wildman–Crippen MR) is 82.1 cm³/mol. The van der Waals surface area contributed by atoms with Gasteiger partial charge in [0.25, 0.3) is 0 Å². The van der Waals surface area contributed by atoms with Gasteiger partial charge in [-0.2, -0.15) is 0 Å². The van der Waals surface area contributed by atoms with Gasteiger partial charge in [0.05, 0.1) is 17.8 Å². The number of fused-ring (bicyclic) bond motifs is 2. The molecular weight excluding hydrogens is 264 g/mol. The summed E-state index contributed by atoms with van der Waals surface area (Å²) in [5, 5.41) is 10.8. The molecule has 0 unspecified atom stereocenters. The Morgan fingerprint density at radius 1 is 1.33 bits per heavy atom. The molecule has 0 aromatic heterocycles. The summed E-state index contributed by atoms with van der Waals surface area (Å²) in [7, 11) is 0. The Hall–Kier alpha value is -0.900. The fourth-order valence-electron chi connectivity index (χ4n) is 3.95. The van der Waals surface area contributed by atoms with E-state index in [2.05, 4.69) is 39.8 Å². The Morgan fingerprint density at radius 3 is 2.67 bits per heavy atom. The first-order valence-electron chi connectivity index (χ1n) is 7.93. The third-order valence-corrected chi connectivity index (χ3v) is 5.48. The van der Waals surface area contributed by atoms with Crippen LogP contribution < -0.4 is 0 Å². The van der Waals surface area contributed by atoms with Crippen LogP contribution in [0.25, 0.3) is 0 Å². The number of hydrogen-bond donors (Lipinski definition) is 1. The van der Waals surface area contributed by atoms with Gasteiger partial charge in [-0.15, -0.1) is 0 Å². The van der Waals surface area contributed by atoms with Gasteiger partial charge in [0, 0.05) is 0 Å². The quantitative estimate of drug-likeness (QED) is 0.925. The summed E-state index contributed by atoms with van der Waals surface area (Å²) in [4.78, 5) is 0. The first kappa shape index (κ1) is 15.0. The van der Waals surface area contributed by atoms with Gasteiger partial charge in [-0.25, -0.2) is 0 Å². The summed E-state index contributed by atoms with van der Waals surface area (Å²) in [5.74, 6) is 0.293. The summed E-state index contributed by atoms with van der Waals surface area (Å²) < 4.78 is 12.4. The average molecular weight is 290 g/mol. The van der Waals surface area contributed by atoms with Crippen LogP contribution in [0.2, 0.25) is 0 Å². The summed E-state index contributed by atoms with van der Waals surface area (Å²) in [5.41, 5.74) is 1.62. The van der Waals surface area contributed by atoms with Crippen LogP contribution in [0.3, 0.4) is 0 Å². The largest absolute Gasteiger partial charge is 0.387 e. The standard InChI is InChI=1S/C18H26O3/c1-12(2)18-10-9-17(4,21-18)16(15(18)19)20-11-14-8-6-5-7-13(14)3/h5-8,12,15-16,19H,9-11H2,1-4H3/t15-,16+,17-,18-/m1/s1. The molecule has 3 nitrogen and oxygen atoms in total. The average Bonchev–Trinajstić information content (AvgIpc) is 2.90. The van der Waals surface area contributed by atoms with Crippen molar-refractivity contribution >= 4 is 0 Å². The van der Waals surface area contributed by atoms with E-state index >= 15 is 0 Å². The minimum Gasteiger partial charge on any atom is -0.387 e. The summed E-state index contributed by atoms with van der Waals surface area (Å²) in [6.07, 6.45) is 1.10. The lowest BCUT2D eigenvalue weighted by molar-refractivity contribution is -0.0979. The van der Waals surface area contributed by atoms with Crippen molar-refractivity contribution in [3.05, 3.63) is 35.4 Å². The van der Waals surface area contributed by atoms with Gasteiger partial charge in [-0.3, -0.25) is 0 Å². The van der Waals surface area contributed by atoms with Crippen molar-refractivity contribution in [2.75, 3.05) is 0 Å². The topological polar surface area (TPSA) is 38.7 Å². The maximum absolute atomic E-state index is 10.8. The van der Waals surface area contributed by atoms with Gasteiger partial charge in [0.2, 0.25) is 0 Å². The SMILES string of the molecule is Cc1ccccc1CO[C@H]1[C@@H](O)[C@]2(C(C)C)CC[C@@]1(C)O2. The van der Waals surface area contributed by atoms with Crippen molar-refractivity contribution in [2.24, 2.45) is 5.92 Å². The number of aliphatic hydroxyl groups is 1. The highest BCUT2D eigenvalue weighted by atomic mass is 16.6. The van der Waals surface area contributed by atoms with E-state index in [1.165, 1.54) is 11.1 Å². The Labute approximate surface area is 127 Å². The smallest absolute Gasteiger partial charge is 0.115 e. The molecule has 0 radical (unpaired) electrons.